The molecule has 0 amide bonds. The first-order chi connectivity index (χ1) is 16.7. The summed E-state index contributed by atoms with van der Waals surface area (Å²) in [5.41, 5.74) is -0.0893. The number of aryl methyl sites for hydroxylation is 1. The minimum absolute atomic E-state index is 0.0158. The predicted octanol–water partition coefficient (Wildman–Crippen LogP) is 4.15. The van der Waals surface area contributed by atoms with Crippen molar-refractivity contribution < 1.29 is 24.3 Å². The van der Waals surface area contributed by atoms with Gasteiger partial charge in [0.25, 0.3) is 5.56 Å². The van der Waals surface area contributed by atoms with Crippen LogP contribution >= 0.6 is 15.9 Å². The van der Waals surface area contributed by atoms with Gasteiger partial charge in [-0.2, -0.15) is 9.78 Å². The van der Waals surface area contributed by atoms with E-state index in [2.05, 4.69) is 26.0 Å². The average Bonchev–Trinajstić information content (AvgIpc) is 2.80. The molecule has 35 heavy (non-hydrogen) atoms. The summed E-state index contributed by atoms with van der Waals surface area (Å²) in [6.45, 7) is 5.02. The molecule has 1 heterocycles. The number of nitrogens with zero attached hydrogens (tertiary/aromatic N) is 4. The summed E-state index contributed by atoms with van der Waals surface area (Å²) in [6.07, 6.45) is 1.15. The van der Waals surface area contributed by atoms with Crippen LogP contribution in [0.1, 0.15) is 38.6 Å². The first kappa shape index (κ1) is 25.8. The number of ether oxygens (including phenoxy) is 2. The molecule has 0 unspecified atom stereocenters. The molecule has 12 heteroatoms. The van der Waals surface area contributed by atoms with Gasteiger partial charge in [0.05, 0.1) is 28.6 Å². The van der Waals surface area contributed by atoms with Gasteiger partial charge >= 0.3 is 11.7 Å². The summed E-state index contributed by atoms with van der Waals surface area (Å²) < 4.78 is 12.7. The van der Waals surface area contributed by atoms with Crippen molar-refractivity contribution in [2.75, 3.05) is 6.61 Å². The minimum atomic E-state index is -1.34. The van der Waals surface area contributed by atoms with Crippen molar-refractivity contribution in [2.24, 2.45) is 5.10 Å². The van der Waals surface area contributed by atoms with E-state index in [0.717, 1.165) is 6.42 Å². The number of benzene rings is 2. The van der Waals surface area contributed by atoms with Crippen LogP contribution in [-0.4, -0.2) is 44.6 Å². The highest BCUT2D eigenvalue weighted by Gasteiger charge is 2.26. The molecule has 0 radical (unpaired) electrons. The number of carbonyl (C=O) groups is 1. The number of rotatable bonds is 10. The number of carboxylic acid groups (broad SMARTS) is 1. The molecule has 0 fully saturated rings. The number of carboxylic acids is 1. The lowest BCUT2D eigenvalue weighted by Crippen LogP contribution is -2.23. The Kier molecular flexibility index (Phi) is 8.18. The smallest absolute Gasteiger partial charge is 0.344 e. The van der Waals surface area contributed by atoms with Crippen LogP contribution in [0.4, 0.5) is 5.69 Å². The molecule has 3 aromatic rings. The van der Waals surface area contributed by atoms with Crippen molar-refractivity contribution in [1.82, 2.24) is 9.66 Å². The highest BCUT2D eigenvalue weighted by molar-refractivity contribution is 9.10. The zero-order valence-corrected chi connectivity index (χ0v) is 20.8. The van der Waals surface area contributed by atoms with E-state index in [1.807, 2.05) is 6.92 Å². The molecule has 2 aromatic carbocycles. The number of hydrogen-bond donors (Lipinski definition) is 1. The van der Waals surface area contributed by atoms with E-state index in [-0.39, 0.29) is 29.2 Å². The lowest BCUT2D eigenvalue weighted by molar-refractivity contribution is -0.386. The number of aliphatic carboxylic acids is 1. The fourth-order valence-corrected chi connectivity index (χ4v) is 3.61. The Morgan fingerprint density at radius 2 is 2.09 bits per heavy atom. The number of aromatic nitrogens is 2. The molecule has 0 aliphatic carbocycles. The molecule has 1 aromatic heterocycles. The minimum Gasteiger partial charge on any atom is -0.490 e. The van der Waals surface area contributed by atoms with E-state index in [1.165, 1.54) is 29.9 Å². The Morgan fingerprint density at radius 1 is 1.34 bits per heavy atom. The number of halogens is 1. The van der Waals surface area contributed by atoms with Crippen LogP contribution in [0.15, 0.2) is 44.7 Å². The van der Waals surface area contributed by atoms with Crippen molar-refractivity contribution in [2.45, 2.75) is 39.7 Å². The fourth-order valence-electron chi connectivity index (χ4n) is 3.25. The molecule has 0 saturated carbocycles. The van der Waals surface area contributed by atoms with E-state index in [9.17, 15) is 19.7 Å². The molecule has 0 bridgehead atoms. The van der Waals surface area contributed by atoms with Gasteiger partial charge in [0.1, 0.15) is 5.82 Å². The summed E-state index contributed by atoms with van der Waals surface area (Å²) >= 11 is 3.35. The Balaban J connectivity index is 2.15. The van der Waals surface area contributed by atoms with Gasteiger partial charge < -0.3 is 14.6 Å². The molecule has 0 aliphatic rings. The third-order valence-corrected chi connectivity index (χ3v) is 5.36. The molecule has 0 aliphatic heterocycles. The Hall–Kier alpha value is -3.80. The van der Waals surface area contributed by atoms with Gasteiger partial charge in [-0.1, -0.05) is 22.9 Å². The Labute approximate surface area is 208 Å². The topological polar surface area (TPSA) is 146 Å². The van der Waals surface area contributed by atoms with Crippen molar-refractivity contribution in [3.63, 3.8) is 0 Å². The van der Waals surface area contributed by atoms with E-state index in [1.54, 1.807) is 25.1 Å². The number of nitro groups is 1. The normalized spacial score (nSPS) is 12.1. The molecule has 11 nitrogen and oxygen atoms in total. The monoisotopic (exact) mass is 546 g/mol. The molecule has 3 rings (SSSR count). The Bertz CT molecular complexity index is 1370. The van der Waals surface area contributed by atoms with Crippen LogP contribution < -0.4 is 15.0 Å². The zero-order chi connectivity index (χ0) is 25.7. The van der Waals surface area contributed by atoms with Crippen molar-refractivity contribution >= 4 is 44.7 Å². The van der Waals surface area contributed by atoms with Crippen LogP contribution in [0.3, 0.4) is 0 Å². The molecule has 1 N–H and O–H groups in total. The van der Waals surface area contributed by atoms with Crippen molar-refractivity contribution in [1.29, 1.82) is 0 Å². The highest BCUT2D eigenvalue weighted by Crippen LogP contribution is 2.39. The molecule has 1 atom stereocenters. The average molecular weight is 547 g/mol. The first-order valence-electron chi connectivity index (χ1n) is 10.8. The molecule has 0 spiro atoms. The lowest BCUT2D eigenvalue weighted by atomic mass is 10.1. The second-order valence-electron chi connectivity index (χ2n) is 7.46. The summed E-state index contributed by atoms with van der Waals surface area (Å²) in [6, 6.07) is 7.79. The summed E-state index contributed by atoms with van der Waals surface area (Å²) in [5.74, 6) is -1.16. The first-order valence-corrected chi connectivity index (χ1v) is 11.6. The third kappa shape index (κ3) is 5.83. The fraction of sp³-hybridized carbons (Fsp3) is 0.304. The highest BCUT2D eigenvalue weighted by atomic mass is 79.9. The van der Waals surface area contributed by atoms with Crippen LogP contribution in [0.2, 0.25) is 0 Å². The van der Waals surface area contributed by atoms with E-state index in [0.29, 0.717) is 27.6 Å². The lowest BCUT2D eigenvalue weighted by Gasteiger charge is -2.15. The molecular weight excluding hydrogens is 524 g/mol. The maximum absolute atomic E-state index is 13.2. The third-order valence-electron chi connectivity index (χ3n) is 4.87. The quantitative estimate of drug-likeness (QED) is 0.226. The van der Waals surface area contributed by atoms with Crippen LogP contribution in [0.25, 0.3) is 10.9 Å². The maximum Gasteiger partial charge on any atom is 0.344 e. The SMILES string of the molecule is CCCc1nc2ccc(Br)cc2c(=O)n1N=Cc1cc(OCC)c(O[C@@H](C)C(=O)O)c([N+](=O)[O-])c1. The molecular formula is C23H23BrN4O7. The van der Waals surface area contributed by atoms with Gasteiger partial charge in [0.15, 0.2) is 11.9 Å². The van der Waals surface area contributed by atoms with Crippen LogP contribution in [-0.2, 0) is 11.2 Å². The van der Waals surface area contributed by atoms with Gasteiger partial charge in [-0.05, 0) is 44.5 Å². The van der Waals surface area contributed by atoms with Crippen molar-refractivity contribution in [3.8, 4) is 11.5 Å². The van der Waals surface area contributed by atoms with E-state index < -0.39 is 22.7 Å². The Morgan fingerprint density at radius 3 is 2.71 bits per heavy atom. The van der Waals surface area contributed by atoms with Crippen LogP contribution in [0.5, 0.6) is 11.5 Å². The van der Waals surface area contributed by atoms with Crippen molar-refractivity contribution in [3.05, 3.63) is 66.7 Å². The number of fused-ring (bicyclic) bond motifs is 1. The zero-order valence-electron chi connectivity index (χ0n) is 19.2. The summed E-state index contributed by atoms with van der Waals surface area (Å²) in [7, 11) is 0. The second kappa shape index (κ2) is 11.1. The maximum atomic E-state index is 13.2. The largest absolute Gasteiger partial charge is 0.490 e. The van der Waals surface area contributed by atoms with Gasteiger partial charge in [0.2, 0.25) is 5.75 Å². The number of nitro benzene ring substituents is 1. The standard InChI is InChI=1S/C23H23BrN4O7/c1-4-6-20-26-17-8-7-15(24)11-16(17)22(29)27(20)25-12-14-9-18(28(32)33)21(19(10-14)34-5-2)35-13(3)23(30)31/h7-13H,4-6H2,1-3H3,(H,30,31)/t13-/m0/s1. The van der Waals surface area contributed by atoms with E-state index in [4.69, 9.17) is 14.6 Å². The summed E-state index contributed by atoms with van der Waals surface area (Å²) in [5, 5.41) is 25.5. The van der Waals surface area contributed by atoms with Gasteiger partial charge in [0, 0.05) is 22.5 Å². The predicted molar refractivity (Wildman–Crippen MR) is 133 cm³/mol. The second-order valence-corrected chi connectivity index (χ2v) is 8.37. The van der Waals surface area contributed by atoms with Gasteiger partial charge in [-0.25, -0.2) is 9.78 Å². The number of hydrogen-bond acceptors (Lipinski definition) is 8. The molecule has 184 valence electrons. The van der Waals surface area contributed by atoms with E-state index >= 15 is 0 Å². The van der Waals surface area contributed by atoms with Gasteiger partial charge in [-0.3, -0.25) is 14.9 Å². The summed E-state index contributed by atoms with van der Waals surface area (Å²) in [4.78, 5) is 40.0. The van der Waals surface area contributed by atoms with Gasteiger partial charge in [-0.15, -0.1) is 0 Å². The van der Waals surface area contributed by atoms with Crippen LogP contribution in [0, 0.1) is 10.1 Å². The molecule has 0 saturated heterocycles.